The van der Waals surface area contributed by atoms with E-state index in [9.17, 15) is 15.2 Å². The van der Waals surface area contributed by atoms with Gasteiger partial charge in [-0.25, -0.2) is 0 Å². The molecule has 26 heavy (non-hydrogen) atoms. The predicted octanol–water partition coefficient (Wildman–Crippen LogP) is 5.06. The van der Waals surface area contributed by atoms with Gasteiger partial charge in [0.15, 0.2) is 0 Å². The quantitative estimate of drug-likeness (QED) is 0.551. The lowest BCUT2D eigenvalue weighted by atomic mass is 9.49. The third-order valence-corrected chi connectivity index (χ3v) is 9.83. The summed E-state index contributed by atoms with van der Waals surface area (Å²) in [6.45, 7) is 6.95. The van der Waals surface area contributed by atoms with Crippen molar-refractivity contribution < 1.29 is 10.0 Å². The zero-order valence-electron chi connectivity index (χ0n) is 16.8. The Morgan fingerprint density at radius 1 is 1.00 bits per heavy atom. The molecular formula is C22H37NO3. The molecule has 0 heterocycles. The van der Waals surface area contributed by atoms with Crippen molar-refractivity contribution >= 4 is 0 Å². The Balaban J connectivity index is 1.61. The van der Waals surface area contributed by atoms with Crippen LogP contribution in [0.1, 0.15) is 85.0 Å². The molecule has 4 aliphatic carbocycles. The standard InChI is InChI=1S/C22H37NO3/c1-14(24)18-7-8-19-17-6-4-5-15-13-16(23(25)26)9-11-21(15,2)20(17)10-12-22(18,19)3/h14-20,24H,4-13H2,1-3H3/t14?,15?,16-,17?,18+,19?,20?,21-,22+/m0/s1. The van der Waals surface area contributed by atoms with Crippen LogP contribution in [0, 0.1) is 50.5 Å². The molecule has 0 aromatic carbocycles. The maximum atomic E-state index is 11.4. The van der Waals surface area contributed by atoms with Crippen molar-refractivity contribution in [2.75, 3.05) is 0 Å². The second-order valence-electron chi connectivity index (χ2n) is 10.7. The van der Waals surface area contributed by atoms with Gasteiger partial charge in [0.05, 0.1) is 6.10 Å². The first-order chi connectivity index (χ1) is 12.3. The van der Waals surface area contributed by atoms with E-state index in [-0.39, 0.29) is 17.1 Å². The first-order valence-corrected chi connectivity index (χ1v) is 11.1. The third-order valence-electron chi connectivity index (χ3n) is 9.83. The zero-order valence-corrected chi connectivity index (χ0v) is 16.8. The predicted molar refractivity (Wildman–Crippen MR) is 102 cm³/mol. The van der Waals surface area contributed by atoms with Crippen LogP contribution in [-0.2, 0) is 0 Å². The summed E-state index contributed by atoms with van der Waals surface area (Å²) >= 11 is 0. The molecule has 0 radical (unpaired) electrons. The lowest BCUT2D eigenvalue weighted by molar-refractivity contribution is -0.530. The molecular weight excluding hydrogens is 326 g/mol. The molecule has 9 atom stereocenters. The minimum absolute atomic E-state index is 0.00982. The summed E-state index contributed by atoms with van der Waals surface area (Å²) in [5.41, 5.74) is 0.613. The van der Waals surface area contributed by atoms with E-state index in [1.165, 1.54) is 44.9 Å². The maximum Gasteiger partial charge on any atom is 0.213 e. The van der Waals surface area contributed by atoms with E-state index in [2.05, 4.69) is 13.8 Å². The van der Waals surface area contributed by atoms with Crippen LogP contribution in [0.15, 0.2) is 0 Å². The Morgan fingerprint density at radius 2 is 1.69 bits per heavy atom. The highest BCUT2D eigenvalue weighted by Crippen LogP contribution is 2.66. The summed E-state index contributed by atoms with van der Waals surface area (Å²) in [5, 5.41) is 21.7. The normalized spacial score (nSPS) is 52.3. The molecule has 0 bridgehead atoms. The fourth-order valence-corrected chi connectivity index (χ4v) is 8.47. The molecule has 4 rings (SSSR count). The first-order valence-electron chi connectivity index (χ1n) is 11.1. The first kappa shape index (κ1) is 18.7. The minimum Gasteiger partial charge on any atom is -0.393 e. The average Bonchev–Trinajstić information content (AvgIpc) is 2.86. The molecule has 0 amide bonds. The molecule has 1 N–H and O–H groups in total. The van der Waals surface area contributed by atoms with Gasteiger partial charge in [-0.3, -0.25) is 10.1 Å². The van der Waals surface area contributed by atoms with Crippen LogP contribution in [0.3, 0.4) is 0 Å². The van der Waals surface area contributed by atoms with Gasteiger partial charge in [-0.05, 0) is 92.3 Å². The molecule has 4 nitrogen and oxygen atoms in total. The molecule has 4 heteroatoms. The van der Waals surface area contributed by atoms with Crippen molar-refractivity contribution in [2.45, 2.75) is 97.1 Å². The fourth-order valence-electron chi connectivity index (χ4n) is 8.47. The van der Waals surface area contributed by atoms with E-state index in [0.717, 1.165) is 37.0 Å². The zero-order chi connectivity index (χ0) is 18.7. The highest BCUT2D eigenvalue weighted by molar-refractivity contribution is 5.08. The van der Waals surface area contributed by atoms with Gasteiger partial charge >= 0.3 is 0 Å². The number of nitro groups is 1. The molecule has 4 aliphatic rings. The fraction of sp³-hybridized carbons (Fsp3) is 1.00. The summed E-state index contributed by atoms with van der Waals surface area (Å²) in [6, 6.07) is -0.301. The van der Waals surface area contributed by atoms with E-state index in [4.69, 9.17) is 0 Å². The van der Waals surface area contributed by atoms with Crippen LogP contribution in [0.2, 0.25) is 0 Å². The Hall–Kier alpha value is -0.640. The topological polar surface area (TPSA) is 63.4 Å². The lowest BCUT2D eigenvalue weighted by Gasteiger charge is -2.56. The average molecular weight is 364 g/mol. The van der Waals surface area contributed by atoms with Crippen LogP contribution in [0.25, 0.3) is 0 Å². The number of aliphatic hydroxyl groups excluding tert-OH is 1. The summed E-state index contributed by atoms with van der Waals surface area (Å²) in [4.78, 5) is 11.4. The van der Waals surface area contributed by atoms with E-state index < -0.39 is 0 Å². The molecule has 0 aromatic rings. The van der Waals surface area contributed by atoms with Gasteiger partial charge in [-0.1, -0.05) is 20.3 Å². The summed E-state index contributed by atoms with van der Waals surface area (Å²) < 4.78 is 0. The van der Waals surface area contributed by atoms with E-state index in [1.54, 1.807) is 0 Å². The Morgan fingerprint density at radius 3 is 2.38 bits per heavy atom. The molecule has 0 aliphatic heterocycles. The van der Waals surface area contributed by atoms with E-state index in [0.29, 0.717) is 22.7 Å². The lowest BCUT2D eigenvalue weighted by Crippen LogP contribution is -2.51. The third kappa shape index (κ3) is 2.65. The van der Waals surface area contributed by atoms with Crippen molar-refractivity contribution in [3.63, 3.8) is 0 Å². The number of hydrogen-bond donors (Lipinski definition) is 1. The van der Waals surface area contributed by atoms with Crippen LogP contribution in [0.5, 0.6) is 0 Å². The molecule has 148 valence electrons. The highest BCUT2D eigenvalue weighted by atomic mass is 16.6. The number of nitrogens with zero attached hydrogens (tertiary/aromatic N) is 1. The van der Waals surface area contributed by atoms with Crippen LogP contribution in [-0.4, -0.2) is 22.2 Å². The second-order valence-corrected chi connectivity index (χ2v) is 10.7. The van der Waals surface area contributed by atoms with Gasteiger partial charge in [-0.15, -0.1) is 0 Å². The number of aliphatic hydroxyl groups is 1. The summed E-state index contributed by atoms with van der Waals surface area (Å²) in [6.07, 6.45) is 11.2. The number of hydrogen-bond acceptors (Lipinski definition) is 3. The molecule has 5 unspecified atom stereocenters. The smallest absolute Gasteiger partial charge is 0.213 e. The Kier molecular flexibility index (Phi) is 4.65. The van der Waals surface area contributed by atoms with Crippen LogP contribution >= 0.6 is 0 Å². The molecule has 0 aromatic heterocycles. The van der Waals surface area contributed by atoms with Crippen LogP contribution in [0.4, 0.5) is 0 Å². The molecule has 0 saturated heterocycles. The van der Waals surface area contributed by atoms with Crippen LogP contribution < -0.4 is 0 Å². The van der Waals surface area contributed by atoms with E-state index in [1.807, 2.05) is 6.92 Å². The second kappa shape index (κ2) is 6.46. The van der Waals surface area contributed by atoms with Crippen molar-refractivity contribution in [3.05, 3.63) is 10.1 Å². The van der Waals surface area contributed by atoms with Crippen molar-refractivity contribution in [1.29, 1.82) is 0 Å². The van der Waals surface area contributed by atoms with Gasteiger partial charge in [0, 0.05) is 17.8 Å². The summed E-state index contributed by atoms with van der Waals surface area (Å²) in [5.74, 6) is 3.28. The number of rotatable bonds is 2. The monoisotopic (exact) mass is 363 g/mol. The van der Waals surface area contributed by atoms with Crippen molar-refractivity contribution in [2.24, 2.45) is 40.4 Å². The Bertz CT molecular complexity index is 564. The number of fused-ring (bicyclic) bond motifs is 5. The maximum absolute atomic E-state index is 11.4. The van der Waals surface area contributed by atoms with Gasteiger partial charge in [-0.2, -0.15) is 0 Å². The van der Waals surface area contributed by atoms with Crippen molar-refractivity contribution in [1.82, 2.24) is 0 Å². The Labute approximate surface area is 158 Å². The highest BCUT2D eigenvalue weighted by Gasteiger charge is 2.60. The van der Waals surface area contributed by atoms with Gasteiger partial charge in [0.1, 0.15) is 0 Å². The SMILES string of the molecule is CC(O)[C@H]1CCC2C3CCCC4C[C@@H]([N+](=O)[O-])CC[C@]4(C)C3CC[C@@]21C. The van der Waals surface area contributed by atoms with Gasteiger partial charge < -0.3 is 5.11 Å². The van der Waals surface area contributed by atoms with Gasteiger partial charge in [0.2, 0.25) is 6.04 Å². The molecule has 0 spiro atoms. The molecule has 4 fully saturated rings. The minimum atomic E-state index is -0.301. The molecule has 4 saturated carbocycles. The summed E-state index contributed by atoms with van der Waals surface area (Å²) in [7, 11) is 0. The largest absolute Gasteiger partial charge is 0.393 e. The van der Waals surface area contributed by atoms with Gasteiger partial charge in [0.25, 0.3) is 0 Å². The van der Waals surface area contributed by atoms with E-state index >= 15 is 0 Å². The van der Waals surface area contributed by atoms with Crippen molar-refractivity contribution in [3.8, 4) is 0 Å².